The van der Waals surface area contributed by atoms with Crippen LogP contribution in [0.4, 0.5) is 5.69 Å². The zero-order valence-corrected chi connectivity index (χ0v) is 11.0. The third-order valence-electron chi connectivity index (χ3n) is 3.46. The Labute approximate surface area is 115 Å². The Morgan fingerprint density at radius 3 is 2.74 bits per heavy atom. The Balaban J connectivity index is 2.32. The lowest BCUT2D eigenvalue weighted by Gasteiger charge is -2.30. The van der Waals surface area contributed by atoms with Gasteiger partial charge < -0.3 is 4.74 Å². The summed E-state index contributed by atoms with van der Waals surface area (Å²) in [5.74, 6) is 0. The SMILES string of the molecule is N#CC1(Cc2ccc(Cl)cc2[N+](=O)[O-])CCOCC1. The summed E-state index contributed by atoms with van der Waals surface area (Å²) in [6.07, 6.45) is 1.56. The molecule has 19 heavy (non-hydrogen) atoms. The van der Waals surface area contributed by atoms with E-state index in [0.29, 0.717) is 43.1 Å². The maximum absolute atomic E-state index is 11.0. The van der Waals surface area contributed by atoms with Gasteiger partial charge in [-0.3, -0.25) is 10.1 Å². The summed E-state index contributed by atoms with van der Waals surface area (Å²) in [6, 6.07) is 6.90. The van der Waals surface area contributed by atoms with Crippen molar-refractivity contribution in [3.8, 4) is 6.07 Å². The average molecular weight is 281 g/mol. The molecule has 0 aromatic heterocycles. The number of benzene rings is 1. The van der Waals surface area contributed by atoms with Gasteiger partial charge in [0, 0.05) is 29.9 Å². The molecule has 2 rings (SSSR count). The summed E-state index contributed by atoms with van der Waals surface area (Å²) in [7, 11) is 0. The second-order valence-electron chi connectivity index (χ2n) is 4.71. The fraction of sp³-hybridized carbons (Fsp3) is 0.462. The van der Waals surface area contributed by atoms with E-state index in [0.717, 1.165) is 0 Å². The number of nitro benzene ring substituents is 1. The van der Waals surface area contributed by atoms with E-state index >= 15 is 0 Å². The van der Waals surface area contributed by atoms with Gasteiger partial charge in [0.05, 0.1) is 16.4 Å². The summed E-state index contributed by atoms with van der Waals surface area (Å²) in [6.45, 7) is 1.05. The second kappa shape index (κ2) is 5.55. The molecule has 1 fully saturated rings. The smallest absolute Gasteiger partial charge is 0.274 e. The van der Waals surface area contributed by atoms with E-state index in [4.69, 9.17) is 16.3 Å². The Morgan fingerprint density at radius 2 is 2.16 bits per heavy atom. The van der Waals surface area contributed by atoms with Crippen LogP contribution in [-0.2, 0) is 11.2 Å². The highest BCUT2D eigenvalue weighted by molar-refractivity contribution is 6.30. The normalized spacial score (nSPS) is 17.7. The molecule has 5 nitrogen and oxygen atoms in total. The van der Waals surface area contributed by atoms with Gasteiger partial charge in [-0.05, 0) is 25.3 Å². The van der Waals surface area contributed by atoms with Crippen LogP contribution in [0.3, 0.4) is 0 Å². The molecule has 1 saturated heterocycles. The third-order valence-corrected chi connectivity index (χ3v) is 3.70. The van der Waals surface area contributed by atoms with Gasteiger partial charge in [0.25, 0.3) is 5.69 Å². The summed E-state index contributed by atoms with van der Waals surface area (Å²) in [4.78, 5) is 10.6. The second-order valence-corrected chi connectivity index (χ2v) is 5.15. The fourth-order valence-corrected chi connectivity index (χ4v) is 2.48. The number of halogens is 1. The molecule has 1 aromatic rings. The molecule has 0 amide bonds. The number of nitrogens with zero attached hydrogens (tertiary/aromatic N) is 2. The standard InChI is InChI=1S/C13H13ClN2O3/c14-11-2-1-10(12(7-11)16(17)18)8-13(9-15)3-5-19-6-4-13/h1-2,7H,3-6,8H2. The lowest BCUT2D eigenvalue weighted by atomic mass is 9.76. The van der Waals surface area contributed by atoms with E-state index in [1.807, 2.05) is 0 Å². The van der Waals surface area contributed by atoms with Crippen LogP contribution in [0.5, 0.6) is 0 Å². The zero-order valence-electron chi connectivity index (χ0n) is 10.3. The molecule has 0 N–H and O–H groups in total. The van der Waals surface area contributed by atoms with E-state index in [-0.39, 0.29) is 5.69 Å². The Kier molecular flexibility index (Phi) is 4.03. The highest BCUT2D eigenvalue weighted by Crippen LogP contribution is 2.36. The van der Waals surface area contributed by atoms with Crippen LogP contribution in [0.25, 0.3) is 0 Å². The van der Waals surface area contributed by atoms with Crippen LogP contribution in [0.15, 0.2) is 18.2 Å². The van der Waals surface area contributed by atoms with Crippen molar-refractivity contribution in [1.29, 1.82) is 5.26 Å². The molecule has 1 aliphatic heterocycles. The van der Waals surface area contributed by atoms with E-state index in [1.165, 1.54) is 6.07 Å². The topological polar surface area (TPSA) is 76.2 Å². The van der Waals surface area contributed by atoms with Crippen molar-refractivity contribution in [2.75, 3.05) is 13.2 Å². The number of rotatable bonds is 3. The molecule has 0 bridgehead atoms. The molecular weight excluding hydrogens is 268 g/mol. The predicted molar refractivity (Wildman–Crippen MR) is 69.9 cm³/mol. The van der Waals surface area contributed by atoms with Crippen LogP contribution in [0.1, 0.15) is 18.4 Å². The van der Waals surface area contributed by atoms with E-state index in [2.05, 4.69) is 6.07 Å². The lowest BCUT2D eigenvalue weighted by Crippen LogP contribution is -2.30. The summed E-state index contributed by atoms with van der Waals surface area (Å²) in [5.41, 5.74) is -0.0388. The minimum Gasteiger partial charge on any atom is -0.381 e. The molecule has 100 valence electrons. The molecule has 0 radical (unpaired) electrons. The molecule has 1 aliphatic rings. The maximum atomic E-state index is 11.0. The van der Waals surface area contributed by atoms with Gasteiger partial charge in [-0.25, -0.2) is 0 Å². The van der Waals surface area contributed by atoms with Gasteiger partial charge in [-0.1, -0.05) is 17.7 Å². The highest BCUT2D eigenvalue weighted by atomic mass is 35.5. The van der Waals surface area contributed by atoms with Crippen LogP contribution < -0.4 is 0 Å². The molecule has 0 spiro atoms. The van der Waals surface area contributed by atoms with Crippen molar-refractivity contribution in [3.63, 3.8) is 0 Å². The molecule has 0 atom stereocenters. The zero-order chi connectivity index (χ0) is 13.9. The first-order valence-corrected chi connectivity index (χ1v) is 6.36. The van der Waals surface area contributed by atoms with E-state index in [1.54, 1.807) is 12.1 Å². The molecule has 0 saturated carbocycles. The summed E-state index contributed by atoms with van der Waals surface area (Å²) < 4.78 is 5.25. The Bertz CT molecular complexity index is 533. The molecule has 1 aromatic carbocycles. The van der Waals surface area contributed by atoms with Crippen molar-refractivity contribution in [2.45, 2.75) is 19.3 Å². The highest BCUT2D eigenvalue weighted by Gasteiger charge is 2.35. The minimum atomic E-state index is -0.573. The number of nitro groups is 1. The van der Waals surface area contributed by atoms with Gasteiger partial charge >= 0.3 is 0 Å². The first-order valence-electron chi connectivity index (χ1n) is 5.98. The number of nitriles is 1. The maximum Gasteiger partial charge on any atom is 0.274 e. The first-order chi connectivity index (χ1) is 9.06. The van der Waals surface area contributed by atoms with Crippen molar-refractivity contribution >= 4 is 17.3 Å². The first kappa shape index (κ1) is 13.8. The van der Waals surface area contributed by atoms with Crippen LogP contribution >= 0.6 is 11.6 Å². The largest absolute Gasteiger partial charge is 0.381 e. The van der Waals surface area contributed by atoms with Crippen LogP contribution in [0.2, 0.25) is 5.02 Å². The van der Waals surface area contributed by atoms with Gasteiger partial charge in [0.1, 0.15) is 0 Å². The monoisotopic (exact) mass is 280 g/mol. The molecule has 1 heterocycles. The molecule has 0 aliphatic carbocycles. The lowest BCUT2D eigenvalue weighted by molar-refractivity contribution is -0.385. The quantitative estimate of drug-likeness (QED) is 0.629. The average Bonchev–Trinajstić information content (AvgIpc) is 2.42. The Hall–Kier alpha value is -1.64. The minimum absolute atomic E-state index is 0.0198. The number of hydrogen-bond acceptors (Lipinski definition) is 4. The van der Waals surface area contributed by atoms with E-state index < -0.39 is 10.3 Å². The van der Waals surface area contributed by atoms with Gasteiger partial charge in [-0.2, -0.15) is 5.26 Å². The number of ether oxygens (including phenoxy) is 1. The van der Waals surface area contributed by atoms with Gasteiger partial charge in [0.2, 0.25) is 0 Å². The van der Waals surface area contributed by atoms with Crippen LogP contribution in [0, 0.1) is 26.9 Å². The molecule has 0 unspecified atom stereocenters. The van der Waals surface area contributed by atoms with Crippen molar-refractivity contribution in [1.82, 2.24) is 0 Å². The summed E-state index contributed by atoms with van der Waals surface area (Å²) >= 11 is 5.78. The van der Waals surface area contributed by atoms with E-state index in [9.17, 15) is 15.4 Å². The van der Waals surface area contributed by atoms with Crippen molar-refractivity contribution < 1.29 is 9.66 Å². The van der Waals surface area contributed by atoms with Crippen LogP contribution in [-0.4, -0.2) is 18.1 Å². The third kappa shape index (κ3) is 3.03. The van der Waals surface area contributed by atoms with Crippen molar-refractivity contribution in [3.05, 3.63) is 38.9 Å². The molecular formula is C13H13ClN2O3. The fourth-order valence-electron chi connectivity index (χ4n) is 2.31. The number of hydrogen-bond donors (Lipinski definition) is 0. The predicted octanol–water partition coefficient (Wildman–Crippen LogP) is 3.11. The summed E-state index contributed by atoms with van der Waals surface area (Å²) in [5, 5.41) is 20.8. The molecule has 6 heteroatoms. The Morgan fingerprint density at radius 1 is 1.47 bits per heavy atom. The van der Waals surface area contributed by atoms with Crippen molar-refractivity contribution in [2.24, 2.45) is 5.41 Å². The van der Waals surface area contributed by atoms with Gasteiger partial charge in [-0.15, -0.1) is 0 Å². The van der Waals surface area contributed by atoms with Gasteiger partial charge in [0.15, 0.2) is 0 Å².